The number of aryl methyl sites for hydroxylation is 2. The van der Waals surface area contributed by atoms with Crippen molar-refractivity contribution in [1.82, 2.24) is 10.0 Å². The molecule has 1 atom stereocenters. The van der Waals surface area contributed by atoms with E-state index in [1.165, 1.54) is 19.2 Å². The average Bonchev–Trinajstić information content (AvgIpc) is 2.78. The molecule has 0 fully saturated rings. The average molecular weight is 494 g/mol. The number of thiocarbonyl (C=S) groups is 1. The predicted octanol–water partition coefficient (Wildman–Crippen LogP) is 3.29. The third-order valence-corrected chi connectivity index (χ3v) is 6.66. The van der Waals surface area contributed by atoms with E-state index in [0.29, 0.717) is 36.7 Å². The maximum Gasteiger partial charge on any atom is 0.323 e. The Hall–Kier alpha value is -2.69. The first-order chi connectivity index (χ1) is 15.7. The lowest BCUT2D eigenvalue weighted by molar-refractivity contribution is -0.142. The second kappa shape index (κ2) is 12.5. The number of methoxy groups -OCH3 is 2. The van der Waals surface area contributed by atoms with Crippen LogP contribution in [0.15, 0.2) is 47.4 Å². The minimum Gasteiger partial charge on any atom is -0.495 e. The van der Waals surface area contributed by atoms with Crippen molar-refractivity contribution in [2.24, 2.45) is 0 Å². The van der Waals surface area contributed by atoms with Crippen molar-refractivity contribution in [2.75, 3.05) is 26.1 Å². The summed E-state index contributed by atoms with van der Waals surface area (Å²) in [4.78, 5) is 12.2. The fourth-order valence-corrected chi connectivity index (χ4v) is 4.53. The number of rotatable bonds is 11. The molecule has 2 aromatic carbocycles. The zero-order chi connectivity index (χ0) is 24.4. The number of hydrogen-bond acceptors (Lipinski definition) is 6. The third kappa shape index (κ3) is 8.30. The van der Waals surface area contributed by atoms with E-state index in [1.807, 2.05) is 32.0 Å². The number of hydrogen-bond donors (Lipinski definition) is 3. The summed E-state index contributed by atoms with van der Waals surface area (Å²) in [6, 6.07) is 11.2. The monoisotopic (exact) mass is 493 g/mol. The largest absolute Gasteiger partial charge is 0.495 e. The van der Waals surface area contributed by atoms with E-state index in [9.17, 15) is 13.2 Å². The lowest BCUT2D eigenvalue weighted by atomic mass is 10.1. The Bertz CT molecular complexity index is 1060. The van der Waals surface area contributed by atoms with Gasteiger partial charge in [0, 0.05) is 6.54 Å². The lowest BCUT2D eigenvalue weighted by Gasteiger charge is -2.17. The Morgan fingerprint density at radius 3 is 2.33 bits per heavy atom. The van der Waals surface area contributed by atoms with Gasteiger partial charge in [0.15, 0.2) is 5.11 Å². The molecule has 0 amide bonds. The summed E-state index contributed by atoms with van der Waals surface area (Å²) in [7, 11) is -1.01. The van der Waals surface area contributed by atoms with Gasteiger partial charge in [-0.3, -0.25) is 4.79 Å². The van der Waals surface area contributed by atoms with Crippen molar-refractivity contribution in [3.8, 4) is 5.75 Å². The Labute approximate surface area is 201 Å². The van der Waals surface area contributed by atoms with Crippen LogP contribution in [0.5, 0.6) is 5.75 Å². The molecule has 0 aliphatic carbocycles. The van der Waals surface area contributed by atoms with E-state index >= 15 is 0 Å². The van der Waals surface area contributed by atoms with Crippen LogP contribution in [-0.4, -0.2) is 46.3 Å². The van der Waals surface area contributed by atoms with Gasteiger partial charge in [0.1, 0.15) is 11.8 Å². The van der Waals surface area contributed by atoms with Gasteiger partial charge in [-0.15, -0.1) is 0 Å². The van der Waals surface area contributed by atoms with Crippen LogP contribution in [0, 0.1) is 13.8 Å². The number of sulfonamides is 1. The van der Waals surface area contributed by atoms with Crippen LogP contribution in [0.2, 0.25) is 0 Å². The molecule has 3 N–H and O–H groups in total. The van der Waals surface area contributed by atoms with Gasteiger partial charge in [0.2, 0.25) is 10.0 Å². The number of nitrogens with one attached hydrogen (secondary N) is 3. The zero-order valence-electron chi connectivity index (χ0n) is 19.3. The lowest BCUT2D eigenvalue weighted by Crippen LogP contribution is -2.41. The van der Waals surface area contributed by atoms with Gasteiger partial charge < -0.3 is 20.1 Å². The Morgan fingerprint density at radius 2 is 1.70 bits per heavy atom. The molecule has 0 heterocycles. The van der Waals surface area contributed by atoms with Gasteiger partial charge in [0.05, 0.1) is 24.8 Å². The van der Waals surface area contributed by atoms with E-state index < -0.39 is 22.0 Å². The van der Waals surface area contributed by atoms with Gasteiger partial charge in [0.25, 0.3) is 0 Å². The molecule has 1 unspecified atom stereocenters. The molecular formula is C23H31N3O5S2. The topological polar surface area (TPSA) is 106 Å². The van der Waals surface area contributed by atoms with E-state index in [-0.39, 0.29) is 4.90 Å². The number of anilines is 1. The predicted molar refractivity (Wildman–Crippen MR) is 133 cm³/mol. The molecular weight excluding hydrogens is 462 g/mol. The molecule has 0 saturated heterocycles. The van der Waals surface area contributed by atoms with Crippen molar-refractivity contribution < 1.29 is 22.7 Å². The fraction of sp³-hybridized carbons (Fsp3) is 0.391. The second-order valence-electron chi connectivity index (χ2n) is 7.59. The van der Waals surface area contributed by atoms with E-state index in [0.717, 1.165) is 16.8 Å². The smallest absolute Gasteiger partial charge is 0.323 e. The molecule has 2 aromatic rings. The standard InChI is InChI=1S/C23H31N3O5S2/c1-16-8-11-18(12-9-16)33(28,29)26-19(22(27)31-4)7-5-6-14-24-23(32)25-20-15-17(2)10-13-21(20)30-3/h8-13,15,19,26H,5-7,14H2,1-4H3,(H2,24,25,32). The summed E-state index contributed by atoms with van der Waals surface area (Å²) in [5, 5.41) is 6.67. The summed E-state index contributed by atoms with van der Waals surface area (Å²) in [6.07, 6.45) is 1.55. The number of benzene rings is 2. The van der Waals surface area contributed by atoms with Gasteiger partial charge in [-0.2, -0.15) is 4.72 Å². The van der Waals surface area contributed by atoms with Crippen LogP contribution in [0.1, 0.15) is 30.4 Å². The first kappa shape index (κ1) is 26.6. The zero-order valence-corrected chi connectivity index (χ0v) is 20.9. The van der Waals surface area contributed by atoms with Gasteiger partial charge >= 0.3 is 5.97 Å². The maximum atomic E-state index is 12.6. The summed E-state index contributed by atoms with van der Waals surface area (Å²) in [5.41, 5.74) is 2.79. The van der Waals surface area contributed by atoms with Crippen molar-refractivity contribution in [1.29, 1.82) is 0 Å². The summed E-state index contributed by atoms with van der Waals surface area (Å²) in [6.45, 7) is 4.40. The maximum absolute atomic E-state index is 12.6. The summed E-state index contributed by atoms with van der Waals surface area (Å²) < 4.78 is 37.8. The highest BCUT2D eigenvalue weighted by atomic mass is 32.2. The molecule has 180 valence electrons. The number of carbonyl (C=O) groups excluding carboxylic acids is 1. The Balaban J connectivity index is 1.84. The molecule has 0 saturated carbocycles. The highest BCUT2D eigenvalue weighted by molar-refractivity contribution is 7.89. The fourth-order valence-electron chi connectivity index (χ4n) is 3.10. The molecule has 0 aromatic heterocycles. The number of carbonyl (C=O) groups is 1. The molecule has 0 aliphatic rings. The molecule has 33 heavy (non-hydrogen) atoms. The highest BCUT2D eigenvalue weighted by Crippen LogP contribution is 2.25. The van der Waals surface area contributed by atoms with Crippen LogP contribution in [0.3, 0.4) is 0 Å². The van der Waals surface area contributed by atoms with Crippen LogP contribution in [0.25, 0.3) is 0 Å². The van der Waals surface area contributed by atoms with Crippen molar-refractivity contribution in [2.45, 2.75) is 44.0 Å². The number of unbranched alkanes of at least 4 members (excludes halogenated alkanes) is 1. The molecule has 10 heteroatoms. The van der Waals surface area contributed by atoms with Crippen LogP contribution >= 0.6 is 12.2 Å². The van der Waals surface area contributed by atoms with Gasteiger partial charge in [-0.05, 0) is 75.2 Å². The summed E-state index contributed by atoms with van der Waals surface area (Å²) >= 11 is 5.34. The van der Waals surface area contributed by atoms with Crippen LogP contribution < -0.4 is 20.1 Å². The van der Waals surface area contributed by atoms with Crippen molar-refractivity contribution >= 4 is 39.0 Å². The van der Waals surface area contributed by atoms with E-state index in [2.05, 4.69) is 15.4 Å². The normalized spacial score (nSPS) is 12.0. The first-order valence-corrected chi connectivity index (χ1v) is 12.4. The molecule has 2 rings (SSSR count). The van der Waals surface area contributed by atoms with Crippen molar-refractivity contribution in [3.05, 3.63) is 53.6 Å². The first-order valence-electron chi connectivity index (χ1n) is 10.5. The second-order valence-corrected chi connectivity index (χ2v) is 9.71. The van der Waals surface area contributed by atoms with E-state index in [4.69, 9.17) is 21.7 Å². The minimum absolute atomic E-state index is 0.103. The molecule has 0 aliphatic heterocycles. The quantitative estimate of drug-likeness (QED) is 0.249. The SMILES string of the molecule is COC(=O)C(CCCCNC(=S)Nc1cc(C)ccc1OC)NS(=O)(=O)c1ccc(C)cc1. The molecule has 0 bridgehead atoms. The number of ether oxygens (including phenoxy) is 2. The van der Waals surface area contributed by atoms with Gasteiger partial charge in [-0.1, -0.05) is 23.8 Å². The van der Waals surface area contributed by atoms with Gasteiger partial charge in [-0.25, -0.2) is 8.42 Å². The summed E-state index contributed by atoms with van der Waals surface area (Å²) in [5.74, 6) is 0.0638. The van der Waals surface area contributed by atoms with Crippen molar-refractivity contribution in [3.63, 3.8) is 0 Å². The minimum atomic E-state index is -3.84. The highest BCUT2D eigenvalue weighted by Gasteiger charge is 2.26. The molecule has 8 nitrogen and oxygen atoms in total. The number of esters is 1. The van der Waals surface area contributed by atoms with Crippen LogP contribution in [0.4, 0.5) is 5.69 Å². The third-order valence-electron chi connectivity index (χ3n) is 4.92. The Morgan fingerprint density at radius 1 is 1.03 bits per heavy atom. The molecule has 0 radical (unpaired) electrons. The van der Waals surface area contributed by atoms with E-state index in [1.54, 1.807) is 19.2 Å². The van der Waals surface area contributed by atoms with Crippen LogP contribution in [-0.2, 0) is 19.6 Å². The Kier molecular flexibility index (Phi) is 10.1. The molecule has 0 spiro atoms.